The molecule has 168 valence electrons. The van der Waals surface area contributed by atoms with Gasteiger partial charge in [0.05, 0.1) is 4.47 Å². The number of amides is 2. The van der Waals surface area contributed by atoms with Gasteiger partial charge in [-0.1, -0.05) is 61.5 Å². The zero-order chi connectivity index (χ0) is 23.1. The molecule has 0 fully saturated rings. The van der Waals surface area contributed by atoms with Crippen molar-refractivity contribution in [2.75, 3.05) is 13.2 Å². The van der Waals surface area contributed by atoms with Gasteiger partial charge in [0.15, 0.2) is 6.61 Å². The van der Waals surface area contributed by atoms with E-state index < -0.39 is 6.04 Å². The monoisotopic (exact) mass is 496 g/mol. The summed E-state index contributed by atoms with van der Waals surface area (Å²) in [5.74, 6) is 0.217. The van der Waals surface area contributed by atoms with Crippen molar-refractivity contribution in [2.45, 2.75) is 39.8 Å². The van der Waals surface area contributed by atoms with Crippen LogP contribution in [0.4, 0.5) is 0 Å². The zero-order valence-corrected chi connectivity index (χ0v) is 20.3. The van der Waals surface area contributed by atoms with Crippen LogP contribution in [0.3, 0.4) is 0 Å². The quantitative estimate of drug-likeness (QED) is 0.440. The van der Waals surface area contributed by atoms with E-state index in [2.05, 4.69) is 21.2 Å². The predicted molar refractivity (Wildman–Crippen MR) is 132 cm³/mol. The summed E-state index contributed by atoms with van der Waals surface area (Å²) in [4.78, 5) is 27.7. The van der Waals surface area contributed by atoms with E-state index >= 15 is 0 Å². The van der Waals surface area contributed by atoms with Crippen LogP contribution in [-0.2, 0) is 16.1 Å². The molecule has 0 unspecified atom stereocenters. The second kappa shape index (κ2) is 11.1. The Labute approximate surface area is 197 Å². The average molecular weight is 497 g/mol. The van der Waals surface area contributed by atoms with Gasteiger partial charge in [0.2, 0.25) is 5.91 Å². The average Bonchev–Trinajstić information content (AvgIpc) is 2.80. The molecule has 0 saturated carbocycles. The number of carbonyl (C=O) groups is 2. The van der Waals surface area contributed by atoms with Crippen LogP contribution in [0.25, 0.3) is 10.8 Å². The Kier molecular flexibility index (Phi) is 8.28. The second-order valence-corrected chi connectivity index (χ2v) is 8.45. The van der Waals surface area contributed by atoms with E-state index in [-0.39, 0.29) is 18.4 Å². The Bertz CT molecular complexity index is 1100. The number of ether oxygens (including phenoxy) is 1. The molecule has 3 rings (SSSR count). The molecule has 3 aromatic rings. The smallest absolute Gasteiger partial charge is 0.261 e. The number of benzene rings is 3. The summed E-state index contributed by atoms with van der Waals surface area (Å²) < 4.78 is 6.73. The highest BCUT2D eigenvalue weighted by Crippen LogP contribution is 2.33. The molecular weight excluding hydrogens is 468 g/mol. The first-order valence-electron chi connectivity index (χ1n) is 10.9. The second-order valence-electron chi connectivity index (χ2n) is 7.65. The maximum atomic E-state index is 13.3. The molecule has 0 heterocycles. The van der Waals surface area contributed by atoms with E-state index in [1.54, 1.807) is 4.90 Å². The molecule has 5 nitrogen and oxygen atoms in total. The summed E-state index contributed by atoms with van der Waals surface area (Å²) >= 11 is 3.60. The lowest BCUT2D eigenvalue weighted by Crippen LogP contribution is -2.50. The number of nitrogens with zero attached hydrogens (tertiary/aromatic N) is 1. The van der Waals surface area contributed by atoms with Crippen LogP contribution in [0.15, 0.2) is 65.1 Å². The van der Waals surface area contributed by atoms with Crippen molar-refractivity contribution in [3.63, 3.8) is 0 Å². The first kappa shape index (κ1) is 23.8. The standard InChI is InChI=1S/C26H29BrN2O3/c1-4-22(26(31)28-5-2)29(16-20-12-7-6-10-18(20)3)24(30)17-32-23-15-14-19-11-8-9-13-21(19)25(23)27/h6-15,22H,4-5,16-17H2,1-3H3,(H,28,31)/t22-/m1/s1. The highest BCUT2D eigenvalue weighted by molar-refractivity contribution is 9.10. The molecule has 6 heteroatoms. The molecule has 32 heavy (non-hydrogen) atoms. The summed E-state index contributed by atoms with van der Waals surface area (Å²) in [6.07, 6.45) is 0.517. The van der Waals surface area contributed by atoms with Gasteiger partial charge in [0.1, 0.15) is 11.8 Å². The van der Waals surface area contributed by atoms with E-state index in [1.807, 2.05) is 81.4 Å². The minimum Gasteiger partial charge on any atom is -0.483 e. The summed E-state index contributed by atoms with van der Waals surface area (Å²) in [5.41, 5.74) is 2.09. The molecule has 0 bridgehead atoms. The number of aryl methyl sites for hydroxylation is 1. The van der Waals surface area contributed by atoms with Crippen molar-refractivity contribution in [1.82, 2.24) is 10.2 Å². The summed E-state index contributed by atoms with van der Waals surface area (Å²) in [6.45, 7) is 6.51. The molecule has 0 aliphatic heterocycles. The predicted octanol–water partition coefficient (Wildman–Crippen LogP) is 5.23. The number of fused-ring (bicyclic) bond motifs is 1. The van der Waals surface area contributed by atoms with Crippen molar-refractivity contribution in [3.8, 4) is 5.75 Å². The third-order valence-electron chi connectivity index (χ3n) is 5.52. The third-order valence-corrected chi connectivity index (χ3v) is 6.34. The molecule has 0 aromatic heterocycles. The Balaban J connectivity index is 1.83. The van der Waals surface area contributed by atoms with Crippen LogP contribution in [0.2, 0.25) is 0 Å². The molecular formula is C26H29BrN2O3. The Hall–Kier alpha value is -2.86. The fraction of sp³-hybridized carbons (Fsp3) is 0.308. The van der Waals surface area contributed by atoms with E-state index in [0.29, 0.717) is 25.3 Å². The number of nitrogens with one attached hydrogen (secondary N) is 1. The minimum atomic E-state index is -0.564. The molecule has 0 aliphatic carbocycles. The van der Waals surface area contributed by atoms with Gasteiger partial charge in [0.25, 0.3) is 5.91 Å². The molecule has 0 saturated heterocycles. The van der Waals surface area contributed by atoms with Crippen LogP contribution < -0.4 is 10.1 Å². The molecule has 0 aliphatic rings. The molecule has 1 N–H and O–H groups in total. The van der Waals surface area contributed by atoms with Crippen molar-refractivity contribution >= 4 is 38.5 Å². The normalized spacial score (nSPS) is 11.8. The van der Waals surface area contributed by atoms with Crippen LogP contribution in [0.1, 0.15) is 31.4 Å². The first-order chi connectivity index (χ1) is 15.5. The number of rotatable bonds is 9. The Morgan fingerprint density at radius 2 is 1.75 bits per heavy atom. The van der Waals surface area contributed by atoms with Crippen molar-refractivity contribution in [3.05, 3.63) is 76.3 Å². The van der Waals surface area contributed by atoms with Crippen LogP contribution in [0, 0.1) is 6.92 Å². The zero-order valence-electron chi connectivity index (χ0n) is 18.7. The SMILES string of the molecule is CCNC(=O)[C@@H](CC)N(Cc1ccccc1C)C(=O)COc1ccc2ccccc2c1Br. The number of hydrogen-bond acceptors (Lipinski definition) is 3. The summed E-state index contributed by atoms with van der Waals surface area (Å²) in [6, 6.07) is 19.1. The minimum absolute atomic E-state index is 0.149. The Morgan fingerprint density at radius 3 is 2.47 bits per heavy atom. The van der Waals surface area contributed by atoms with Gasteiger partial charge in [-0.2, -0.15) is 0 Å². The first-order valence-corrected chi connectivity index (χ1v) is 11.7. The van der Waals surface area contributed by atoms with Crippen molar-refractivity contribution in [2.24, 2.45) is 0 Å². The summed E-state index contributed by atoms with van der Waals surface area (Å²) in [7, 11) is 0. The fourth-order valence-corrected chi connectivity index (χ4v) is 4.34. The summed E-state index contributed by atoms with van der Waals surface area (Å²) in [5, 5.41) is 4.96. The van der Waals surface area contributed by atoms with Gasteiger partial charge < -0.3 is 15.0 Å². The fourth-order valence-electron chi connectivity index (χ4n) is 3.73. The molecule has 2 amide bonds. The topological polar surface area (TPSA) is 58.6 Å². The largest absolute Gasteiger partial charge is 0.483 e. The number of hydrogen-bond donors (Lipinski definition) is 1. The van der Waals surface area contributed by atoms with Gasteiger partial charge in [0, 0.05) is 13.1 Å². The van der Waals surface area contributed by atoms with E-state index in [0.717, 1.165) is 26.4 Å². The number of halogens is 1. The maximum absolute atomic E-state index is 13.3. The lowest BCUT2D eigenvalue weighted by atomic mass is 10.1. The van der Waals surface area contributed by atoms with E-state index in [4.69, 9.17) is 4.74 Å². The molecule has 1 atom stereocenters. The van der Waals surface area contributed by atoms with Crippen molar-refractivity contribution in [1.29, 1.82) is 0 Å². The third kappa shape index (κ3) is 5.49. The van der Waals surface area contributed by atoms with Gasteiger partial charge in [-0.05, 0) is 64.2 Å². The van der Waals surface area contributed by atoms with Gasteiger partial charge in [-0.15, -0.1) is 0 Å². The van der Waals surface area contributed by atoms with Crippen LogP contribution >= 0.6 is 15.9 Å². The number of carbonyl (C=O) groups excluding carboxylic acids is 2. The molecule has 0 radical (unpaired) electrons. The van der Waals surface area contributed by atoms with Crippen LogP contribution in [0.5, 0.6) is 5.75 Å². The van der Waals surface area contributed by atoms with Gasteiger partial charge in [-0.3, -0.25) is 9.59 Å². The highest BCUT2D eigenvalue weighted by atomic mass is 79.9. The van der Waals surface area contributed by atoms with Gasteiger partial charge >= 0.3 is 0 Å². The Morgan fingerprint density at radius 1 is 1.03 bits per heavy atom. The van der Waals surface area contributed by atoms with E-state index in [1.165, 1.54) is 0 Å². The lowest BCUT2D eigenvalue weighted by molar-refractivity contribution is -0.142. The number of likely N-dealkylation sites (N-methyl/N-ethyl adjacent to an activating group) is 1. The van der Waals surface area contributed by atoms with Gasteiger partial charge in [-0.25, -0.2) is 0 Å². The van der Waals surface area contributed by atoms with Crippen LogP contribution in [-0.4, -0.2) is 35.9 Å². The lowest BCUT2D eigenvalue weighted by Gasteiger charge is -2.31. The van der Waals surface area contributed by atoms with Crippen molar-refractivity contribution < 1.29 is 14.3 Å². The molecule has 0 spiro atoms. The maximum Gasteiger partial charge on any atom is 0.261 e. The van der Waals surface area contributed by atoms with E-state index in [9.17, 15) is 9.59 Å². The molecule has 3 aromatic carbocycles. The highest BCUT2D eigenvalue weighted by Gasteiger charge is 2.29.